The van der Waals surface area contributed by atoms with E-state index in [-0.39, 0.29) is 12.2 Å². The Hall–Kier alpha value is -0.0200. The van der Waals surface area contributed by atoms with Crippen molar-refractivity contribution in [2.75, 3.05) is 5.75 Å². The summed E-state index contributed by atoms with van der Waals surface area (Å²) in [7, 11) is 0. The van der Waals surface area contributed by atoms with Crippen molar-refractivity contribution in [2.24, 2.45) is 4.40 Å². The Morgan fingerprint density at radius 1 is 1.29 bits per heavy atom. The molecule has 1 unspecified atom stereocenters. The van der Waals surface area contributed by atoms with E-state index in [4.69, 9.17) is 4.74 Å². The maximum atomic E-state index is 5.69. The molecule has 0 aromatic rings. The molecule has 0 aliphatic heterocycles. The Labute approximate surface area is 92.7 Å². The van der Waals surface area contributed by atoms with E-state index in [1.807, 2.05) is 0 Å². The molecule has 0 spiro atoms. The van der Waals surface area contributed by atoms with Crippen LogP contribution in [0.1, 0.15) is 47.5 Å². The van der Waals surface area contributed by atoms with Crippen LogP contribution in [-0.4, -0.2) is 23.7 Å². The quantitative estimate of drug-likeness (QED) is 0.368. The predicted octanol–water partition coefficient (Wildman–Crippen LogP) is 3.71. The van der Waals surface area contributed by atoms with Gasteiger partial charge in [0.25, 0.3) is 0 Å². The van der Waals surface area contributed by atoms with Gasteiger partial charge in [-0.1, -0.05) is 13.8 Å². The third-order valence-electron chi connectivity index (χ3n) is 1.79. The summed E-state index contributed by atoms with van der Waals surface area (Å²) in [6.07, 6.45) is 2.58. The topological polar surface area (TPSA) is 21.6 Å². The SMILES string of the molecule is CCCSN=C(CC)C(C)OC(C)C. The van der Waals surface area contributed by atoms with E-state index in [1.54, 1.807) is 11.9 Å². The highest BCUT2D eigenvalue weighted by atomic mass is 32.2. The van der Waals surface area contributed by atoms with E-state index in [0.717, 1.165) is 17.9 Å². The molecule has 0 rings (SSSR count). The first-order chi connectivity index (χ1) is 6.61. The minimum absolute atomic E-state index is 0.157. The molecule has 0 aromatic carbocycles. The second-order valence-electron chi connectivity index (χ2n) is 3.60. The van der Waals surface area contributed by atoms with Crippen molar-refractivity contribution >= 4 is 17.7 Å². The summed E-state index contributed by atoms with van der Waals surface area (Å²) in [6.45, 7) is 10.5. The van der Waals surface area contributed by atoms with Gasteiger partial charge in [0, 0.05) is 5.75 Å². The van der Waals surface area contributed by atoms with Crippen LogP contribution in [0.15, 0.2) is 4.40 Å². The van der Waals surface area contributed by atoms with E-state index < -0.39 is 0 Å². The van der Waals surface area contributed by atoms with Gasteiger partial charge < -0.3 is 4.74 Å². The van der Waals surface area contributed by atoms with Crippen LogP contribution in [0.2, 0.25) is 0 Å². The van der Waals surface area contributed by atoms with E-state index >= 15 is 0 Å². The average molecular weight is 217 g/mol. The van der Waals surface area contributed by atoms with Gasteiger partial charge in [-0.05, 0) is 45.6 Å². The van der Waals surface area contributed by atoms with Crippen LogP contribution in [0.25, 0.3) is 0 Å². The fourth-order valence-electron chi connectivity index (χ4n) is 1.13. The first kappa shape index (κ1) is 14.0. The van der Waals surface area contributed by atoms with Gasteiger partial charge >= 0.3 is 0 Å². The highest BCUT2D eigenvalue weighted by molar-refractivity contribution is 7.98. The third-order valence-corrected chi connectivity index (χ3v) is 2.74. The van der Waals surface area contributed by atoms with Crippen LogP contribution < -0.4 is 0 Å². The first-order valence-electron chi connectivity index (χ1n) is 5.45. The lowest BCUT2D eigenvalue weighted by Crippen LogP contribution is -2.23. The maximum absolute atomic E-state index is 5.69. The third kappa shape index (κ3) is 6.44. The maximum Gasteiger partial charge on any atom is 0.0937 e. The molecule has 0 amide bonds. The zero-order valence-electron chi connectivity index (χ0n) is 10.0. The summed E-state index contributed by atoms with van der Waals surface area (Å²) < 4.78 is 10.2. The Bertz CT molecular complexity index is 169. The molecular weight excluding hydrogens is 194 g/mol. The van der Waals surface area contributed by atoms with Gasteiger partial charge in [0.15, 0.2) is 0 Å². The smallest absolute Gasteiger partial charge is 0.0937 e. The summed E-state index contributed by atoms with van der Waals surface area (Å²) in [5.74, 6) is 1.10. The largest absolute Gasteiger partial charge is 0.370 e. The van der Waals surface area contributed by atoms with E-state index in [1.165, 1.54) is 6.42 Å². The van der Waals surface area contributed by atoms with E-state index in [9.17, 15) is 0 Å². The molecule has 0 bridgehead atoms. The monoisotopic (exact) mass is 217 g/mol. The second-order valence-corrected chi connectivity index (χ2v) is 4.45. The molecule has 2 nitrogen and oxygen atoms in total. The normalized spacial score (nSPS) is 14.9. The van der Waals surface area contributed by atoms with Crippen LogP contribution in [-0.2, 0) is 4.74 Å². The standard InChI is InChI=1S/C11H23NOS/c1-6-8-14-12-11(7-2)10(5)13-9(3)4/h9-10H,6-8H2,1-5H3. The van der Waals surface area contributed by atoms with Crippen molar-refractivity contribution in [1.29, 1.82) is 0 Å². The van der Waals surface area contributed by atoms with Crippen LogP contribution in [0.3, 0.4) is 0 Å². The lowest BCUT2D eigenvalue weighted by Gasteiger charge is -2.17. The minimum atomic E-state index is 0.157. The summed E-state index contributed by atoms with van der Waals surface area (Å²) in [5, 5.41) is 0. The number of hydrogen-bond donors (Lipinski definition) is 0. The van der Waals surface area contributed by atoms with Gasteiger partial charge in [0.05, 0.1) is 17.9 Å². The van der Waals surface area contributed by atoms with E-state index in [2.05, 4.69) is 39.0 Å². The Morgan fingerprint density at radius 3 is 2.36 bits per heavy atom. The summed E-state index contributed by atoms with van der Waals surface area (Å²) in [6, 6.07) is 0. The van der Waals surface area contributed by atoms with Crippen LogP contribution in [0.5, 0.6) is 0 Å². The van der Waals surface area contributed by atoms with Gasteiger partial charge in [-0.3, -0.25) is 0 Å². The lowest BCUT2D eigenvalue weighted by molar-refractivity contribution is 0.0559. The number of hydrogen-bond acceptors (Lipinski definition) is 3. The molecule has 3 heteroatoms. The zero-order chi connectivity index (χ0) is 11.0. The molecule has 0 saturated carbocycles. The van der Waals surface area contributed by atoms with Gasteiger partial charge in [0.1, 0.15) is 0 Å². The second kappa shape index (κ2) is 8.30. The first-order valence-corrected chi connectivity index (χ1v) is 6.40. The van der Waals surface area contributed by atoms with Crippen molar-refractivity contribution in [3.8, 4) is 0 Å². The molecule has 14 heavy (non-hydrogen) atoms. The molecule has 0 aromatic heterocycles. The van der Waals surface area contributed by atoms with Crippen molar-refractivity contribution in [1.82, 2.24) is 0 Å². The number of ether oxygens (including phenoxy) is 1. The summed E-state index contributed by atoms with van der Waals surface area (Å²) >= 11 is 1.65. The lowest BCUT2D eigenvalue weighted by atomic mass is 10.2. The fourth-order valence-corrected chi connectivity index (χ4v) is 1.85. The molecule has 0 heterocycles. The van der Waals surface area contributed by atoms with Gasteiger partial charge in [-0.2, -0.15) is 0 Å². The molecule has 0 aliphatic rings. The van der Waals surface area contributed by atoms with Gasteiger partial charge in [-0.15, -0.1) is 0 Å². The molecule has 0 N–H and O–H groups in total. The Kier molecular flexibility index (Phi) is 8.29. The minimum Gasteiger partial charge on any atom is -0.370 e. The average Bonchev–Trinajstić information content (AvgIpc) is 2.11. The Balaban J connectivity index is 4.03. The molecule has 1 atom stereocenters. The summed E-state index contributed by atoms with van der Waals surface area (Å²) in [5.41, 5.74) is 1.16. The van der Waals surface area contributed by atoms with Crippen molar-refractivity contribution in [2.45, 2.75) is 59.7 Å². The molecule has 0 aliphatic carbocycles. The Morgan fingerprint density at radius 2 is 1.93 bits per heavy atom. The van der Waals surface area contributed by atoms with Crippen molar-refractivity contribution < 1.29 is 4.74 Å². The molecule has 0 radical (unpaired) electrons. The number of rotatable bonds is 7. The van der Waals surface area contributed by atoms with Gasteiger partial charge in [0.2, 0.25) is 0 Å². The van der Waals surface area contributed by atoms with Crippen LogP contribution >= 0.6 is 11.9 Å². The van der Waals surface area contributed by atoms with Gasteiger partial charge in [-0.25, -0.2) is 4.40 Å². The van der Waals surface area contributed by atoms with Crippen LogP contribution in [0.4, 0.5) is 0 Å². The zero-order valence-corrected chi connectivity index (χ0v) is 10.9. The molecule has 0 fully saturated rings. The number of nitrogens with zero attached hydrogens (tertiary/aromatic N) is 1. The van der Waals surface area contributed by atoms with Crippen molar-refractivity contribution in [3.05, 3.63) is 0 Å². The molecule has 0 saturated heterocycles. The van der Waals surface area contributed by atoms with E-state index in [0.29, 0.717) is 0 Å². The molecule has 84 valence electrons. The highest BCUT2D eigenvalue weighted by Crippen LogP contribution is 2.10. The molecular formula is C11H23NOS. The van der Waals surface area contributed by atoms with Crippen LogP contribution in [0, 0.1) is 0 Å². The summed E-state index contributed by atoms with van der Waals surface area (Å²) in [4.78, 5) is 0. The highest BCUT2D eigenvalue weighted by Gasteiger charge is 2.10. The van der Waals surface area contributed by atoms with Crippen molar-refractivity contribution in [3.63, 3.8) is 0 Å². The predicted molar refractivity (Wildman–Crippen MR) is 66.2 cm³/mol. The fraction of sp³-hybridized carbons (Fsp3) is 0.909.